The first-order valence-electron chi connectivity index (χ1n) is 5.96. The molecule has 7 heteroatoms. The van der Waals surface area contributed by atoms with Gasteiger partial charge in [-0.25, -0.2) is 4.98 Å². The molecule has 1 heterocycles. The summed E-state index contributed by atoms with van der Waals surface area (Å²) in [6.07, 6.45) is 0.970. The third-order valence-corrected chi connectivity index (χ3v) is 2.67. The van der Waals surface area contributed by atoms with Gasteiger partial charge in [0.15, 0.2) is 0 Å². The lowest BCUT2D eigenvalue weighted by Gasteiger charge is -2.10. The number of hydrogen-bond acceptors (Lipinski definition) is 5. The Balaban J connectivity index is 2.32. The van der Waals surface area contributed by atoms with Crippen molar-refractivity contribution in [3.63, 3.8) is 0 Å². The molecule has 0 atom stereocenters. The fourth-order valence-corrected chi connectivity index (χ4v) is 1.77. The summed E-state index contributed by atoms with van der Waals surface area (Å²) in [5, 5.41) is 30.7. The average molecular weight is 288 g/mol. The first-order valence-corrected chi connectivity index (χ1v) is 5.96. The Morgan fingerprint density at radius 2 is 1.95 bits per heavy atom. The van der Waals surface area contributed by atoms with Crippen molar-refractivity contribution in [3.8, 4) is 11.5 Å². The van der Waals surface area contributed by atoms with E-state index in [0.717, 1.165) is 12.1 Å². The molecule has 4 N–H and O–H groups in total. The maximum Gasteiger partial charge on any atom is 0.307 e. The highest BCUT2D eigenvalue weighted by Crippen LogP contribution is 2.29. The molecular weight excluding hydrogens is 276 g/mol. The van der Waals surface area contributed by atoms with Crippen LogP contribution in [0.2, 0.25) is 0 Å². The van der Waals surface area contributed by atoms with Crippen molar-refractivity contribution in [3.05, 3.63) is 47.7 Å². The molecule has 1 aromatic carbocycles. The fourth-order valence-electron chi connectivity index (χ4n) is 1.77. The Hall–Kier alpha value is -3.09. The molecule has 0 saturated carbocycles. The summed E-state index contributed by atoms with van der Waals surface area (Å²) in [4.78, 5) is 26.7. The van der Waals surface area contributed by atoms with Gasteiger partial charge in [-0.1, -0.05) is 6.07 Å². The van der Waals surface area contributed by atoms with Crippen LogP contribution in [0.15, 0.2) is 36.5 Å². The smallest absolute Gasteiger partial charge is 0.307 e. The van der Waals surface area contributed by atoms with Gasteiger partial charge in [0.25, 0.3) is 5.91 Å². The van der Waals surface area contributed by atoms with Gasteiger partial charge in [0.2, 0.25) is 0 Å². The number of pyridine rings is 1. The van der Waals surface area contributed by atoms with Crippen molar-refractivity contribution in [1.82, 2.24) is 4.98 Å². The highest BCUT2D eigenvalue weighted by molar-refractivity contribution is 6.06. The van der Waals surface area contributed by atoms with E-state index in [1.54, 1.807) is 18.2 Å². The van der Waals surface area contributed by atoms with E-state index in [1.807, 2.05) is 0 Å². The number of amides is 1. The van der Waals surface area contributed by atoms with Crippen LogP contribution >= 0.6 is 0 Å². The van der Waals surface area contributed by atoms with Gasteiger partial charge < -0.3 is 20.6 Å². The van der Waals surface area contributed by atoms with E-state index in [1.165, 1.54) is 6.20 Å². The molecule has 1 amide bonds. The number of rotatable bonds is 4. The molecule has 0 radical (unpaired) electrons. The zero-order valence-corrected chi connectivity index (χ0v) is 10.8. The number of carboxylic acid groups (broad SMARTS) is 1. The van der Waals surface area contributed by atoms with Gasteiger partial charge >= 0.3 is 5.97 Å². The predicted molar refractivity (Wildman–Crippen MR) is 73.3 cm³/mol. The molecule has 1 aromatic heterocycles. The van der Waals surface area contributed by atoms with Crippen LogP contribution in [0, 0.1) is 0 Å². The number of benzene rings is 1. The average Bonchev–Trinajstić information content (AvgIpc) is 2.43. The largest absolute Gasteiger partial charge is 0.508 e. The first-order chi connectivity index (χ1) is 9.97. The number of aromatic hydroxyl groups is 2. The maximum atomic E-state index is 12.1. The highest BCUT2D eigenvalue weighted by Gasteiger charge is 2.18. The highest BCUT2D eigenvalue weighted by atomic mass is 16.4. The molecule has 0 aliphatic rings. The summed E-state index contributed by atoms with van der Waals surface area (Å²) in [6.45, 7) is 0. The molecule has 0 aliphatic heterocycles. The number of phenolic OH excluding ortho intramolecular Hbond substituents is 2. The third kappa shape index (κ3) is 3.47. The van der Waals surface area contributed by atoms with Crippen molar-refractivity contribution in [2.24, 2.45) is 0 Å². The number of hydrogen-bond donors (Lipinski definition) is 4. The van der Waals surface area contributed by atoms with Crippen LogP contribution in [0.3, 0.4) is 0 Å². The Kier molecular flexibility index (Phi) is 4.03. The van der Waals surface area contributed by atoms with E-state index in [9.17, 15) is 19.8 Å². The van der Waals surface area contributed by atoms with E-state index < -0.39 is 24.0 Å². The summed E-state index contributed by atoms with van der Waals surface area (Å²) >= 11 is 0. The molecule has 0 unspecified atom stereocenters. The molecule has 0 bridgehead atoms. The standard InChI is InChI=1S/C14H12N2O5/c17-9-5-8(6-12(18)19)13(20)10(7-9)14(21)16-11-3-1-2-4-15-11/h1-5,7,17,20H,6H2,(H,18,19)(H,15,16,21). The first kappa shape index (κ1) is 14.3. The molecule has 2 aromatic rings. The van der Waals surface area contributed by atoms with Crippen LogP contribution in [-0.4, -0.2) is 32.2 Å². The maximum absolute atomic E-state index is 12.1. The molecule has 0 saturated heterocycles. The van der Waals surface area contributed by atoms with Crippen molar-refractivity contribution in [2.75, 3.05) is 5.32 Å². The van der Waals surface area contributed by atoms with Gasteiger partial charge in [-0.15, -0.1) is 0 Å². The van der Waals surface area contributed by atoms with Gasteiger partial charge in [0, 0.05) is 11.8 Å². The van der Waals surface area contributed by atoms with Crippen molar-refractivity contribution < 1.29 is 24.9 Å². The number of carbonyl (C=O) groups is 2. The lowest BCUT2D eigenvalue weighted by Crippen LogP contribution is -2.14. The normalized spacial score (nSPS) is 10.1. The number of nitrogens with one attached hydrogen (secondary N) is 1. The van der Waals surface area contributed by atoms with Crippen LogP contribution < -0.4 is 5.32 Å². The quantitative estimate of drug-likeness (QED) is 0.631. The van der Waals surface area contributed by atoms with Gasteiger partial charge in [0.05, 0.1) is 12.0 Å². The predicted octanol–water partition coefficient (Wildman–Crippen LogP) is 1.37. The monoisotopic (exact) mass is 288 g/mol. The molecule has 2 rings (SSSR count). The Labute approximate surface area is 119 Å². The molecular formula is C14H12N2O5. The minimum absolute atomic E-state index is 0.0475. The van der Waals surface area contributed by atoms with E-state index in [4.69, 9.17) is 5.11 Å². The van der Waals surface area contributed by atoms with Crippen molar-refractivity contribution >= 4 is 17.7 Å². The Morgan fingerprint density at radius 3 is 2.57 bits per heavy atom. The summed E-state index contributed by atoms with van der Waals surface area (Å²) in [7, 11) is 0. The van der Waals surface area contributed by atoms with Gasteiger partial charge in [-0.2, -0.15) is 0 Å². The lowest BCUT2D eigenvalue weighted by atomic mass is 10.0. The van der Waals surface area contributed by atoms with Gasteiger partial charge in [-0.3, -0.25) is 9.59 Å². The number of carboxylic acids is 1. The summed E-state index contributed by atoms with van der Waals surface area (Å²) in [5.74, 6) is -2.41. The van der Waals surface area contributed by atoms with Crippen LogP contribution in [0.5, 0.6) is 11.5 Å². The second kappa shape index (κ2) is 5.91. The number of aliphatic carboxylic acids is 1. The third-order valence-electron chi connectivity index (χ3n) is 2.67. The summed E-state index contributed by atoms with van der Waals surface area (Å²) in [6, 6.07) is 7.04. The van der Waals surface area contributed by atoms with Crippen molar-refractivity contribution in [2.45, 2.75) is 6.42 Å². The second-order valence-corrected chi connectivity index (χ2v) is 4.24. The Morgan fingerprint density at radius 1 is 1.19 bits per heavy atom. The van der Waals surface area contributed by atoms with Crippen molar-refractivity contribution in [1.29, 1.82) is 0 Å². The van der Waals surface area contributed by atoms with Crippen LogP contribution in [-0.2, 0) is 11.2 Å². The van der Waals surface area contributed by atoms with E-state index in [-0.39, 0.29) is 22.7 Å². The second-order valence-electron chi connectivity index (χ2n) is 4.24. The fraction of sp³-hybridized carbons (Fsp3) is 0.0714. The zero-order chi connectivity index (χ0) is 15.4. The molecule has 0 aliphatic carbocycles. The number of phenols is 2. The van der Waals surface area contributed by atoms with E-state index in [0.29, 0.717) is 0 Å². The lowest BCUT2D eigenvalue weighted by molar-refractivity contribution is -0.136. The van der Waals surface area contributed by atoms with Gasteiger partial charge in [-0.05, 0) is 24.3 Å². The van der Waals surface area contributed by atoms with E-state index >= 15 is 0 Å². The molecule has 0 fully saturated rings. The van der Waals surface area contributed by atoms with Crippen LogP contribution in [0.25, 0.3) is 0 Å². The SMILES string of the molecule is O=C(O)Cc1cc(O)cc(C(=O)Nc2ccccn2)c1O. The van der Waals surface area contributed by atoms with Crippen LogP contribution in [0.1, 0.15) is 15.9 Å². The van der Waals surface area contributed by atoms with Crippen LogP contribution in [0.4, 0.5) is 5.82 Å². The molecule has 108 valence electrons. The number of nitrogens with zero attached hydrogens (tertiary/aromatic N) is 1. The minimum Gasteiger partial charge on any atom is -0.508 e. The molecule has 0 spiro atoms. The summed E-state index contributed by atoms with van der Waals surface area (Å²) in [5.41, 5.74) is -0.273. The number of anilines is 1. The Bertz CT molecular complexity index is 685. The molecule has 7 nitrogen and oxygen atoms in total. The molecule has 21 heavy (non-hydrogen) atoms. The minimum atomic E-state index is -1.19. The topological polar surface area (TPSA) is 120 Å². The van der Waals surface area contributed by atoms with E-state index in [2.05, 4.69) is 10.3 Å². The van der Waals surface area contributed by atoms with Gasteiger partial charge in [0.1, 0.15) is 17.3 Å². The number of aromatic nitrogens is 1. The summed E-state index contributed by atoms with van der Waals surface area (Å²) < 4.78 is 0. The zero-order valence-electron chi connectivity index (χ0n) is 10.8. The number of carbonyl (C=O) groups excluding carboxylic acids is 1.